The van der Waals surface area contributed by atoms with Gasteiger partial charge >= 0.3 is 0 Å². The molecule has 0 spiro atoms. The zero-order chi connectivity index (χ0) is 17.6. The van der Waals surface area contributed by atoms with Gasteiger partial charge in [0.15, 0.2) is 5.16 Å². The van der Waals surface area contributed by atoms with Gasteiger partial charge in [-0.05, 0) is 44.4 Å². The van der Waals surface area contributed by atoms with Gasteiger partial charge < -0.3 is 5.32 Å². The third kappa shape index (κ3) is 4.84. The van der Waals surface area contributed by atoms with Crippen molar-refractivity contribution >= 4 is 17.7 Å². The average Bonchev–Trinajstić information content (AvgIpc) is 2.96. The Labute approximate surface area is 153 Å². The molecule has 2 aromatic rings. The first-order valence-electron chi connectivity index (χ1n) is 9.05. The molecular formula is C19H26N4OS. The van der Waals surface area contributed by atoms with Gasteiger partial charge in [-0.2, -0.15) is 0 Å². The number of nitrogens with zero attached hydrogens (tertiary/aromatic N) is 3. The monoisotopic (exact) mass is 358 g/mol. The molecule has 1 aliphatic carbocycles. The number of amides is 1. The molecule has 0 atom stereocenters. The fourth-order valence-electron chi connectivity index (χ4n) is 3.28. The SMILES string of the molecule is Cc1cccc(-n2c(C)nnc2SCCC(=O)NC2CCCCC2)c1. The summed E-state index contributed by atoms with van der Waals surface area (Å²) in [5, 5.41) is 12.5. The predicted octanol–water partition coefficient (Wildman–Crippen LogP) is 3.82. The van der Waals surface area contributed by atoms with Gasteiger partial charge in [0.2, 0.25) is 5.91 Å². The lowest BCUT2D eigenvalue weighted by Crippen LogP contribution is -2.36. The van der Waals surface area contributed by atoms with Crippen molar-refractivity contribution in [2.75, 3.05) is 5.75 Å². The van der Waals surface area contributed by atoms with Crippen LogP contribution in [-0.2, 0) is 4.79 Å². The van der Waals surface area contributed by atoms with E-state index in [4.69, 9.17) is 0 Å². The molecule has 1 aliphatic rings. The van der Waals surface area contributed by atoms with Crippen LogP contribution in [0.1, 0.15) is 49.9 Å². The Hall–Kier alpha value is -1.82. The lowest BCUT2D eigenvalue weighted by Gasteiger charge is -2.22. The molecule has 0 unspecified atom stereocenters. The van der Waals surface area contributed by atoms with Gasteiger partial charge in [0, 0.05) is 23.9 Å². The highest BCUT2D eigenvalue weighted by Crippen LogP contribution is 2.23. The maximum absolute atomic E-state index is 12.1. The summed E-state index contributed by atoms with van der Waals surface area (Å²) in [6.07, 6.45) is 6.54. The highest BCUT2D eigenvalue weighted by atomic mass is 32.2. The summed E-state index contributed by atoms with van der Waals surface area (Å²) in [6.45, 7) is 4.03. The highest BCUT2D eigenvalue weighted by molar-refractivity contribution is 7.99. The second-order valence-corrected chi connectivity index (χ2v) is 7.77. The minimum absolute atomic E-state index is 0.151. The number of carbonyl (C=O) groups excluding carboxylic acids is 1. The Bertz CT molecular complexity index is 722. The van der Waals surface area contributed by atoms with E-state index in [0.717, 1.165) is 29.5 Å². The molecule has 134 valence electrons. The van der Waals surface area contributed by atoms with Gasteiger partial charge in [-0.15, -0.1) is 10.2 Å². The molecule has 0 aliphatic heterocycles. The summed E-state index contributed by atoms with van der Waals surface area (Å²) >= 11 is 1.59. The lowest BCUT2D eigenvalue weighted by atomic mass is 9.95. The zero-order valence-electron chi connectivity index (χ0n) is 15.0. The first-order chi connectivity index (χ1) is 12.1. The van der Waals surface area contributed by atoms with Gasteiger partial charge in [0.05, 0.1) is 0 Å². The fraction of sp³-hybridized carbons (Fsp3) is 0.526. The average molecular weight is 359 g/mol. The summed E-state index contributed by atoms with van der Waals surface area (Å²) in [5.41, 5.74) is 2.27. The van der Waals surface area contributed by atoms with E-state index >= 15 is 0 Å². The number of thioether (sulfide) groups is 1. The van der Waals surface area contributed by atoms with Crippen molar-refractivity contribution in [3.63, 3.8) is 0 Å². The lowest BCUT2D eigenvalue weighted by molar-refractivity contribution is -0.121. The van der Waals surface area contributed by atoms with E-state index in [0.29, 0.717) is 18.2 Å². The van der Waals surface area contributed by atoms with Crippen LogP contribution in [0.15, 0.2) is 29.4 Å². The number of aryl methyl sites for hydroxylation is 2. The van der Waals surface area contributed by atoms with E-state index in [2.05, 4.69) is 45.2 Å². The molecule has 0 saturated heterocycles. The molecule has 3 rings (SSSR count). The number of hydrogen-bond acceptors (Lipinski definition) is 4. The molecule has 1 aromatic carbocycles. The van der Waals surface area contributed by atoms with Gasteiger partial charge in [-0.1, -0.05) is 43.2 Å². The molecule has 1 amide bonds. The molecule has 1 aromatic heterocycles. The van der Waals surface area contributed by atoms with Gasteiger partial charge in [0.1, 0.15) is 5.82 Å². The van der Waals surface area contributed by atoms with Crippen LogP contribution in [-0.4, -0.2) is 32.5 Å². The van der Waals surface area contributed by atoms with Crippen molar-refractivity contribution in [2.45, 2.75) is 63.6 Å². The second-order valence-electron chi connectivity index (χ2n) is 6.71. The molecule has 6 heteroatoms. The van der Waals surface area contributed by atoms with Crippen LogP contribution in [0.3, 0.4) is 0 Å². The van der Waals surface area contributed by atoms with Gasteiger partial charge in [0.25, 0.3) is 0 Å². The normalized spacial score (nSPS) is 15.3. The number of hydrogen-bond donors (Lipinski definition) is 1. The van der Waals surface area contributed by atoms with Crippen LogP contribution in [0.2, 0.25) is 0 Å². The highest BCUT2D eigenvalue weighted by Gasteiger charge is 2.16. The van der Waals surface area contributed by atoms with Crippen LogP contribution in [0.4, 0.5) is 0 Å². The zero-order valence-corrected chi connectivity index (χ0v) is 15.8. The Morgan fingerprint density at radius 1 is 1.24 bits per heavy atom. The summed E-state index contributed by atoms with van der Waals surface area (Å²) in [4.78, 5) is 12.1. The van der Waals surface area contributed by atoms with Gasteiger partial charge in [-0.3, -0.25) is 9.36 Å². The van der Waals surface area contributed by atoms with Gasteiger partial charge in [-0.25, -0.2) is 0 Å². The summed E-state index contributed by atoms with van der Waals surface area (Å²) < 4.78 is 2.05. The molecule has 1 saturated carbocycles. The van der Waals surface area contributed by atoms with E-state index in [1.807, 2.05) is 13.0 Å². The van der Waals surface area contributed by atoms with Crippen LogP contribution in [0.25, 0.3) is 5.69 Å². The smallest absolute Gasteiger partial charge is 0.221 e. The van der Waals surface area contributed by atoms with Crippen LogP contribution < -0.4 is 5.32 Å². The number of carbonyl (C=O) groups is 1. The molecule has 25 heavy (non-hydrogen) atoms. The van der Waals surface area contributed by atoms with Crippen molar-refractivity contribution in [2.24, 2.45) is 0 Å². The van der Waals surface area contributed by atoms with E-state index < -0.39 is 0 Å². The molecule has 1 N–H and O–H groups in total. The maximum atomic E-state index is 12.1. The predicted molar refractivity (Wildman–Crippen MR) is 101 cm³/mol. The number of benzene rings is 1. The Morgan fingerprint density at radius 2 is 2.04 bits per heavy atom. The number of rotatable bonds is 6. The van der Waals surface area contributed by atoms with Crippen molar-refractivity contribution < 1.29 is 4.79 Å². The first-order valence-corrected chi connectivity index (χ1v) is 10.0. The second kappa shape index (κ2) is 8.52. The van der Waals surface area contributed by atoms with Crippen LogP contribution >= 0.6 is 11.8 Å². The third-order valence-corrected chi connectivity index (χ3v) is 5.52. The topological polar surface area (TPSA) is 59.8 Å². The first kappa shape index (κ1) is 18.0. The van der Waals surface area contributed by atoms with E-state index in [9.17, 15) is 4.79 Å². The molecule has 1 heterocycles. The minimum atomic E-state index is 0.151. The van der Waals surface area contributed by atoms with Crippen molar-refractivity contribution in [3.05, 3.63) is 35.7 Å². The standard InChI is InChI=1S/C19H26N4OS/c1-14-7-6-10-17(13-14)23-15(2)21-22-19(23)25-12-11-18(24)20-16-8-4-3-5-9-16/h6-7,10,13,16H,3-5,8-9,11-12H2,1-2H3,(H,20,24). The summed E-state index contributed by atoms with van der Waals surface area (Å²) in [5.74, 6) is 1.72. The van der Waals surface area contributed by atoms with E-state index in [1.165, 1.54) is 24.8 Å². The molecule has 0 radical (unpaired) electrons. The van der Waals surface area contributed by atoms with Crippen molar-refractivity contribution in [1.29, 1.82) is 0 Å². The molecule has 5 nitrogen and oxygen atoms in total. The Kier molecular flexibility index (Phi) is 6.13. The maximum Gasteiger partial charge on any atom is 0.221 e. The number of aromatic nitrogens is 3. The van der Waals surface area contributed by atoms with E-state index in [1.54, 1.807) is 11.8 Å². The molecule has 1 fully saturated rings. The quantitative estimate of drug-likeness (QED) is 0.798. The Morgan fingerprint density at radius 3 is 2.80 bits per heavy atom. The molecule has 0 bridgehead atoms. The Balaban J connectivity index is 1.56. The summed E-state index contributed by atoms with van der Waals surface area (Å²) in [6, 6.07) is 8.67. The van der Waals surface area contributed by atoms with Crippen molar-refractivity contribution in [3.8, 4) is 5.69 Å². The van der Waals surface area contributed by atoms with Crippen molar-refractivity contribution in [1.82, 2.24) is 20.1 Å². The van der Waals surface area contributed by atoms with E-state index in [-0.39, 0.29) is 5.91 Å². The largest absolute Gasteiger partial charge is 0.353 e. The summed E-state index contributed by atoms with van der Waals surface area (Å²) in [7, 11) is 0. The molecular weight excluding hydrogens is 332 g/mol. The van der Waals surface area contributed by atoms with Crippen LogP contribution in [0.5, 0.6) is 0 Å². The van der Waals surface area contributed by atoms with Crippen LogP contribution in [0, 0.1) is 13.8 Å². The number of nitrogens with one attached hydrogen (secondary N) is 1. The fourth-order valence-corrected chi connectivity index (χ4v) is 4.22. The minimum Gasteiger partial charge on any atom is -0.353 e. The third-order valence-electron chi connectivity index (χ3n) is 4.59.